The Morgan fingerprint density at radius 3 is 2.58 bits per heavy atom. The monoisotopic (exact) mass is 262 g/mol. The van der Waals surface area contributed by atoms with Gasteiger partial charge in [-0.1, -0.05) is 13.8 Å². The van der Waals surface area contributed by atoms with Gasteiger partial charge in [0.05, 0.1) is 0 Å². The molecule has 4 heteroatoms. The predicted octanol–water partition coefficient (Wildman–Crippen LogP) is 2.04. The molecule has 1 saturated heterocycles. The van der Waals surface area contributed by atoms with Crippen molar-refractivity contribution >= 4 is 5.82 Å². The maximum atomic E-state index is 4.36. The van der Waals surface area contributed by atoms with Crippen LogP contribution in [0.3, 0.4) is 0 Å². The maximum absolute atomic E-state index is 4.36. The van der Waals surface area contributed by atoms with Gasteiger partial charge in [-0.2, -0.15) is 0 Å². The molecule has 1 aromatic rings. The fraction of sp³-hybridized carbons (Fsp3) is 0.667. The number of nitrogens with zero attached hydrogens (tertiary/aromatic N) is 3. The number of rotatable bonds is 6. The molecule has 0 aromatic carbocycles. The highest BCUT2D eigenvalue weighted by Crippen LogP contribution is 2.11. The summed E-state index contributed by atoms with van der Waals surface area (Å²) in [5.41, 5.74) is 1.36. The molecule has 1 aliphatic heterocycles. The summed E-state index contributed by atoms with van der Waals surface area (Å²) < 4.78 is 0. The number of piperazine rings is 1. The van der Waals surface area contributed by atoms with E-state index in [-0.39, 0.29) is 0 Å². The van der Waals surface area contributed by atoms with Crippen LogP contribution in [0.2, 0.25) is 0 Å². The van der Waals surface area contributed by atoms with E-state index in [0.29, 0.717) is 0 Å². The molecule has 0 radical (unpaired) electrons. The SMILES string of the molecule is CCCNc1cc(CN2CCN(CC)CC2)ccn1. The molecule has 2 rings (SSSR count). The van der Waals surface area contributed by atoms with Crippen LogP contribution in [0.15, 0.2) is 18.3 Å². The Hall–Kier alpha value is -1.13. The third-order valence-corrected chi connectivity index (χ3v) is 3.70. The van der Waals surface area contributed by atoms with Crippen LogP contribution in [0.25, 0.3) is 0 Å². The van der Waals surface area contributed by atoms with Crippen molar-refractivity contribution in [2.24, 2.45) is 0 Å². The summed E-state index contributed by atoms with van der Waals surface area (Å²) in [6.45, 7) is 12.4. The molecular formula is C15H26N4. The molecule has 19 heavy (non-hydrogen) atoms. The van der Waals surface area contributed by atoms with Gasteiger partial charge < -0.3 is 10.2 Å². The van der Waals surface area contributed by atoms with E-state index in [1.54, 1.807) is 0 Å². The van der Waals surface area contributed by atoms with Crippen molar-refractivity contribution in [3.05, 3.63) is 23.9 Å². The van der Waals surface area contributed by atoms with Crippen LogP contribution in [0.5, 0.6) is 0 Å². The lowest BCUT2D eigenvalue weighted by atomic mass is 10.2. The lowest BCUT2D eigenvalue weighted by Gasteiger charge is -2.34. The minimum atomic E-state index is 0.992. The van der Waals surface area contributed by atoms with Crippen LogP contribution < -0.4 is 5.32 Å². The number of hydrogen-bond acceptors (Lipinski definition) is 4. The van der Waals surface area contributed by atoms with E-state index in [2.05, 4.69) is 46.1 Å². The quantitative estimate of drug-likeness (QED) is 0.850. The molecule has 1 aromatic heterocycles. The van der Waals surface area contributed by atoms with E-state index in [0.717, 1.165) is 25.3 Å². The molecule has 0 amide bonds. The van der Waals surface area contributed by atoms with Crippen molar-refractivity contribution in [2.75, 3.05) is 44.6 Å². The van der Waals surface area contributed by atoms with Gasteiger partial charge in [0.25, 0.3) is 0 Å². The predicted molar refractivity (Wildman–Crippen MR) is 80.4 cm³/mol. The van der Waals surface area contributed by atoms with Gasteiger partial charge >= 0.3 is 0 Å². The molecule has 4 nitrogen and oxygen atoms in total. The second kappa shape index (κ2) is 7.46. The van der Waals surface area contributed by atoms with Crippen molar-refractivity contribution in [1.82, 2.24) is 14.8 Å². The first-order valence-corrected chi connectivity index (χ1v) is 7.45. The second-order valence-corrected chi connectivity index (χ2v) is 5.19. The summed E-state index contributed by atoms with van der Waals surface area (Å²) in [5, 5.41) is 3.35. The number of anilines is 1. The van der Waals surface area contributed by atoms with Crippen LogP contribution in [0, 0.1) is 0 Å². The maximum Gasteiger partial charge on any atom is 0.126 e. The Balaban J connectivity index is 1.85. The Morgan fingerprint density at radius 1 is 1.16 bits per heavy atom. The Labute approximate surface area is 116 Å². The minimum absolute atomic E-state index is 0.992. The molecular weight excluding hydrogens is 236 g/mol. The topological polar surface area (TPSA) is 31.4 Å². The summed E-state index contributed by atoms with van der Waals surface area (Å²) in [6.07, 6.45) is 3.04. The van der Waals surface area contributed by atoms with Gasteiger partial charge in [0.2, 0.25) is 0 Å². The number of aromatic nitrogens is 1. The molecule has 1 N–H and O–H groups in total. The smallest absolute Gasteiger partial charge is 0.126 e. The average Bonchev–Trinajstić information content (AvgIpc) is 2.46. The highest BCUT2D eigenvalue weighted by Gasteiger charge is 2.15. The molecule has 1 aliphatic rings. The van der Waals surface area contributed by atoms with E-state index in [9.17, 15) is 0 Å². The zero-order valence-corrected chi connectivity index (χ0v) is 12.2. The third-order valence-electron chi connectivity index (χ3n) is 3.70. The van der Waals surface area contributed by atoms with Gasteiger partial charge in [0.1, 0.15) is 5.82 Å². The van der Waals surface area contributed by atoms with E-state index in [1.807, 2.05) is 6.20 Å². The van der Waals surface area contributed by atoms with Crippen molar-refractivity contribution < 1.29 is 0 Å². The lowest BCUT2D eigenvalue weighted by Crippen LogP contribution is -2.45. The van der Waals surface area contributed by atoms with Gasteiger partial charge in [0, 0.05) is 45.5 Å². The third kappa shape index (κ3) is 4.48. The van der Waals surface area contributed by atoms with Crippen LogP contribution in [0.1, 0.15) is 25.8 Å². The zero-order valence-electron chi connectivity index (χ0n) is 12.2. The first-order valence-electron chi connectivity index (χ1n) is 7.45. The van der Waals surface area contributed by atoms with E-state index in [1.165, 1.54) is 38.3 Å². The van der Waals surface area contributed by atoms with E-state index in [4.69, 9.17) is 0 Å². The minimum Gasteiger partial charge on any atom is -0.370 e. The molecule has 0 unspecified atom stereocenters. The highest BCUT2D eigenvalue weighted by atomic mass is 15.3. The highest BCUT2D eigenvalue weighted by molar-refractivity contribution is 5.37. The molecule has 0 atom stereocenters. The number of nitrogens with one attached hydrogen (secondary N) is 1. The van der Waals surface area contributed by atoms with Crippen molar-refractivity contribution in [1.29, 1.82) is 0 Å². The van der Waals surface area contributed by atoms with Gasteiger partial charge in [-0.25, -0.2) is 4.98 Å². The van der Waals surface area contributed by atoms with Crippen molar-refractivity contribution in [3.8, 4) is 0 Å². The van der Waals surface area contributed by atoms with Gasteiger partial charge in [-0.05, 0) is 30.7 Å². The van der Waals surface area contributed by atoms with Gasteiger partial charge in [-0.15, -0.1) is 0 Å². The fourth-order valence-electron chi connectivity index (χ4n) is 2.44. The second-order valence-electron chi connectivity index (χ2n) is 5.19. The Morgan fingerprint density at radius 2 is 1.89 bits per heavy atom. The largest absolute Gasteiger partial charge is 0.370 e. The number of likely N-dealkylation sites (N-methyl/N-ethyl adjacent to an activating group) is 1. The molecule has 106 valence electrons. The van der Waals surface area contributed by atoms with Crippen LogP contribution in [-0.4, -0.2) is 54.1 Å². The van der Waals surface area contributed by atoms with Crippen molar-refractivity contribution in [2.45, 2.75) is 26.8 Å². The number of hydrogen-bond donors (Lipinski definition) is 1. The van der Waals surface area contributed by atoms with E-state index >= 15 is 0 Å². The van der Waals surface area contributed by atoms with Crippen LogP contribution in [-0.2, 0) is 6.54 Å². The molecule has 0 aliphatic carbocycles. The first-order chi connectivity index (χ1) is 9.31. The van der Waals surface area contributed by atoms with Crippen LogP contribution in [0.4, 0.5) is 5.82 Å². The normalized spacial score (nSPS) is 17.6. The van der Waals surface area contributed by atoms with E-state index < -0.39 is 0 Å². The summed E-state index contributed by atoms with van der Waals surface area (Å²) in [6, 6.07) is 4.31. The number of pyridine rings is 1. The summed E-state index contributed by atoms with van der Waals surface area (Å²) >= 11 is 0. The summed E-state index contributed by atoms with van der Waals surface area (Å²) in [7, 11) is 0. The zero-order chi connectivity index (χ0) is 13.5. The van der Waals surface area contributed by atoms with Crippen molar-refractivity contribution in [3.63, 3.8) is 0 Å². The Bertz CT molecular complexity index is 372. The Kier molecular flexibility index (Phi) is 5.61. The molecule has 2 heterocycles. The molecule has 0 bridgehead atoms. The van der Waals surface area contributed by atoms with Gasteiger partial charge in [-0.3, -0.25) is 4.90 Å². The lowest BCUT2D eigenvalue weighted by molar-refractivity contribution is 0.132. The molecule has 0 saturated carbocycles. The first kappa shape index (κ1) is 14.3. The summed E-state index contributed by atoms with van der Waals surface area (Å²) in [5.74, 6) is 1.01. The van der Waals surface area contributed by atoms with Gasteiger partial charge in [0.15, 0.2) is 0 Å². The standard InChI is InChI=1S/C15H26N4/c1-3-6-16-15-12-14(5-7-17-15)13-19-10-8-18(4-2)9-11-19/h5,7,12H,3-4,6,8-11,13H2,1-2H3,(H,16,17). The summed E-state index contributed by atoms with van der Waals surface area (Å²) in [4.78, 5) is 9.40. The molecule has 0 spiro atoms. The fourth-order valence-corrected chi connectivity index (χ4v) is 2.44. The average molecular weight is 262 g/mol. The molecule has 1 fully saturated rings. The van der Waals surface area contributed by atoms with Crippen LogP contribution >= 0.6 is 0 Å².